The number of Topliss-reactive ketones (excluding diaryl/α,β-unsaturated/α-hetero) is 1. The van der Waals surface area contributed by atoms with Gasteiger partial charge in [0.1, 0.15) is 11.5 Å². The first-order valence-electron chi connectivity index (χ1n) is 6.66. The molecule has 0 N–H and O–H groups in total. The average Bonchev–Trinajstić information content (AvgIpc) is 2.48. The van der Waals surface area contributed by atoms with E-state index < -0.39 is 5.97 Å². The summed E-state index contributed by atoms with van der Waals surface area (Å²) in [6, 6.07) is 12.1. The SMILES string of the molecule is CC(=O)c1cccc(OCC(=O)Oc2ccc(C)cc2Br)c1. The summed E-state index contributed by atoms with van der Waals surface area (Å²) in [5.41, 5.74) is 1.59. The van der Waals surface area contributed by atoms with Crippen molar-refractivity contribution in [3.63, 3.8) is 0 Å². The molecule has 0 unspecified atom stereocenters. The van der Waals surface area contributed by atoms with Gasteiger partial charge < -0.3 is 9.47 Å². The molecule has 4 nitrogen and oxygen atoms in total. The summed E-state index contributed by atoms with van der Waals surface area (Å²) in [7, 11) is 0. The van der Waals surface area contributed by atoms with Gasteiger partial charge in [0.15, 0.2) is 12.4 Å². The highest BCUT2D eigenvalue weighted by atomic mass is 79.9. The molecular weight excluding hydrogens is 348 g/mol. The van der Waals surface area contributed by atoms with Gasteiger partial charge in [0.25, 0.3) is 0 Å². The minimum atomic E-state index is -0.516. The summed E-state index contributed by atoms with van der Waals surface area (Å²) in [6.07, 6.45) is 0. The number of carbonyl (C=O) groups is 2. The lowest BCUT2D eigenvalue weighted by atomic mass is 10.1. The molecule has 0 fully saturated rings. The maximum atomic E-state index is 11.8. The fraction of sp³-hybridized carbons (Fsp3) is 0.176. The van der Waals surface area contributed by atoms with Gasteiger partial charge in [0, 0.05) is 5.56 Å². The van der Waals surface area contributed by atoms with E-state index in [0.29, 0.717) is 21.5 Å². The Bertz CT molecular complexity index is 710. The Kier molecular flexibility index (Phi) is 5.33. The smallest absolute Gasteiger partial charge is 0.349 e. The molecular formula is C17H15BrO4. The highest BCUT2D eigenvalue weighted by Gasteiger charge is 2.10. The molecule has 0 bridgehead atoms. The normalized spacial score (nSPS) is 10.1. The lowest BCUT2D eigenvalue weighted by Crippen LogP contribution is -2.18. The minimum Gasteiger partial charge on any atom is -0.482 e. The third-order valence-corrected chi connectivity index (χ3v) is 3.53. The quantitative estimate of drug-likeness (QED) is 0.459. The molecule has 0 radical (unpaired) electrons. The van der Waals surface area contributed by atoms with E-state index >= 15 is 0 Å². The van der Waals surface area contributed by atoms with Crippen LogP contribution in [0.5, 0.6) is 11.5 Å². The molecule has 0 spiro atoms. The zero-order valence-electron chi connectivity index (χ0n) is 12.3. The lowest BCUT2D eigenvalue weighted by molar-refractivity contribution is -0.136. The van der Waals surface area contributed by atoms with Crippen molar-refractivity contribution < 1.29 is 19.1 Å². The number of hydrogen-bond donors (Lipinski definition) is 0. The van der Waals surface area contributed by atoms with Gasteiger partial charge in [-0.2, -0.15) is 0 Å². The molecule has 0 aromatic heterocycles. The molecule has 2 rings (SSSR count). The maximum Gasteiger partial charge on any atom is 0.349 e. The van der Waals surface area contributed by atoms with Gasteiger partial charge in [0.05, 0.1) is 4.47 Å². The first kappa shape index (κ1) is 16.2. The van der Waals surface area contributed by atoms with E-state index in [2.05, 4.69) is 15.9 Å². The largest absolute Gasteiger partial charge is 0.482 e. The first-order chi connectivity index (χ1) is 10.5. The van der Waals surface area contributed by atoms with E-state index in [1.165, 1.54) is 6.92 Å². The van der Waals surface area contributed by atoms with Crippen LogP contribution in [-0.2, 0) is 4.79 Å². The summed E-state index contributed by atoms with van der Waals surface area (Å²) in [6.45, 7) is 3.19. The van der Waals surface area contributed by atoms with Crippen molar-refractivity contribution >= 4 is 27.7 Å². The average molecular weight is 363 g/mol. The topological polar surface area (TPSA) is 52.6 Å². The third-order valence-electron chi connectivity index (χ3n) is 2.91. The number of esters is 1. The second-order valence-electron chi connectivity index (χ2n) is 4.78. The number of rotatable bonds is 5. The Morgan fingerprint density at radius 3 is 2.59 bits per heavy atom. The summed E-state index contributed by atoms with van der Waals surface area (Å²) in [4.78, 5) is 23.1. The highest BCUT2D eigenvalue weighted by Crippen LogP contribution is 2.25. The van der Waals surface area contributed by atoms with Crippen LogP contribution in [0.4, 0.5) is 0 Å². The van der Waals surface area contributed by atoms with Crippen LogP contribution < -0.4 is 9.47 Å². The Balaban J connectivity index is 1.95. The summed E-state index contributed by atoms with van der Waals surface area (Å²) >= 11 is 3.34. The summed E-state index contributed by atoms with van der Waals surface area (Å²) < 4.78 is 11.3. The highest BCUT2D eigenvalue weighted by molar-refractivity contribution is 9.10. The van der Waals surface area contributed by atoms with Crippen molar-refractivity contribution in [2.24, 2.45) is 0 Å². The number of benzene rings is 2. The predicted molar refractivity (Wildman–Crippen MR) is 86.5 cm³/mol. The van der Waals surface area contributed by atoms with E-state index in [4.69, 9.17) is 9.47 Å². The van der Waals surface area contributed by atoms with Crippen LogP contribution in [0, 0.1) is 6.92 Å². The van der Waals surface area contributed by atoms with Crippen molar-refractivity contribution in [1.82, 2.24) is 0 Å². The summed E-state index contributed by atoms with van der Waals surface area (Å²) in [5, 5.41) is 0. The molecule has 2 aromatic carbocycles. The number of aryl methyl sites for hydroxylation is 1. The zero-order chi connectivity index (χ0) is 16.1. The van der Waals surface area contributed by atoms with Crippen molar-refractivity contribution in [2.75, 3.05) is 6.61 Å². The van der Waals surface area contributed by atoms with Gasteiger partial charge in [-0.15, -0.1) is 0 Å². The van der Waals surface area contributed by atoms with E-state index in [0.717, 1.165) is 5.56 Å². The minimum absolute atomic E-state index is 0.0587. The molecule has 0 saturated heterocycles. The monoisotopic (exact) mass is 362 g/mol. The number of halogens is 1. The van der Waals surface area contributed by atoms with E-state index in [1.807, 2.05) is 19.1 Å². The molecule has 0 atom stereocenters. The van der Waals surface area contributed by atoms with E-state index in [9.17, 15) is 9.59 Å². The van der Waals surface area contributed by atoms with Gasteiger partial charge >= 0.3 is 5.97 Å². The molecule has 5 heteroatoms. The van der Waals surface area contributed by atoms with Crippen molar-refractivity contribution in [2.45, 2.75) is 13.8 Å². The number of ketones is 1. The lowest BCUT2D eigenvalue weighted by Gasteiger charge is -2.09. The molecule has 0 aliphatic rings. The number of carbonyl (C=O) groups excluding carboxylic acids is 2. The van der Waals surface area contributed by atoms with Gasteiger partial charge in [-0.05, 0) is 59.6 Å². The van der Waals surface area contributed by atoms with Crippen molar-refractivity contribution in [3.05, 3.63) is 58.1 Å². The van der Waals surface area contributed by atoms with Crippen molar-refractivity contribution in [1.29, 1.82) is 0 Å². The van der Waals surface area contributed by atoms with Gasteiger partial charge in [-0.1, -0.05) is 18.2 Å². The molecule has 0 aliphatic carbocycles. The number of ether oxygens (including phenoxy) is 2. The standard InChI is InChI=1S/C17H15BrO4/c1-11-6-7-16(15(18)8-11)22-17(20)10-21-14-5-3-4-13(9-14)12(2)19/h3-9H,10H2,1-2H3. The molecule has 0 heterocycles. The first-order valence-corrected chi connectivity index (χ1v) is 7.45. The second kappa shape index (κ2) is 7.22. The van der Waals surface area contributed by atoms with Crippen LogP contribution in [0.1, 0.15) is 22.8 Å². The van der Waals surface area contributed by atoms with E-state index in [1.54, 1.807) is 30.3 Å². The van der Waals surface area contributed by atoms with Crippen LogP contribution in [0.3, 0.4) is 0 Å². The molecule has 2 aromatic rings. The van der Waals surface area contributed by atoms with Gasteiger partial charge in [-0.25, -0.2) is 4.79 Å². The predicted octanol–water partition coefficient (Wildman–Crippen LogP) is 3.94. The fourth-order valence-electron chi connectivity index (χ4n) is 1.79. The van der Waals surface area contributed by atoms with Gasteiger partial charge in [-0.3, -0.25) is 4.79 Å². The van der Waals surface area contributed by atoms with Crippen LogP contribution >= 0.6 is 15.9 Å². The Labute approximate surface area is 137 Å². The maximum absolute atomic E-state index is 11.8. The third kappa shape index (κ3) is 4.43. The Morgan fingerprint density at radius 2 is 1.91 bits per heavy atom. The van der Waals surface area contributed by atoms with E-state index in [-0.39, 0.29) is 12.4 Å². The molecule has 0 aliphatic heterocycles. The second-order valence-corrected chi connectivity index (χ2v) is 5.63. The van der Waals surface area contributed by atoms with Crippen LogP contribution in [0.25, 0.3) is 0 Å². The van der Waals surface area contributed by atoms with Crippen LogP contribution in [-0.4, -0.2) is 18.4 Å². The van der Waals surface area contributed by atoms with Crippen LogP contribution in [0.2, 0.25) is 0 Å². The fourth-order valence-corrected chi connectivity index (χ4v) is 2.36. The summed E-state index contributed by atoms with van der Waals surface area (Å²) in [5.74, 6) is 0.318. The Hall–Kier alpha value is -2.14. The van der Waals surface area contributed by atoms with Crippen molar-refractivity contribution in [3.8, 4) is 11.5 Å². The Morgan fingerprint density at radius 1 is 1.14 bits per heavy atom. The molecule has 0 amide bonds. The number of hydrogen-bond acceptors (Lipinski definition) is 4. The van der Waals surface area contributed by atoms with Gasteiger partial charge in [0.2, 0.25) is 0 Å². The zero-order valence-corrected chi connectivity index (χ0v) is 13.8. The molecule has 114 valence electrons. The molecule has 0 saturated carbocycles. The van der Waals surface area contributed by atoms with Crippen LogP contribution in [0.15, 0.2) is 46.9 Å². The molecule has 22 heavy (non-hydrogen) atoms.